The third kappa shape index (κ3) is 6.63. The highest BCUT2D eigenvalue weighted by Crippen LogP contribution is 2.37. The Morgan fingerprint density at radius 2 is 1.52 bits per heavy atom. The molecule has 4 N–H and O–H groups in total. The Morgan fingerprint density at radius 3 is 2.10 bits per heavy atom. The number of amides is 4. The average molecular weight is 428 g/mol. The van der Waals surface area contributed by atoms with Crippen LogP contribution < -0.4 is 30.7 Å². The number of nitrogens with one attached hydrogen (secondary N) is 4. The maximum atomic E-state index is 12.6. The lowest BCUT2D eigenvalue weighted by molar-refractivity contribution is -0.120. The Kier molecular flexibility index (Phi) is 8.68. The molecule has 166 valence electrons. The first kappa shape index (κ1) is 23.5. The summed E-state index contributed by atoms with van der Waals surface area (Å²) >= 11 is 0. The average Bonchev–Trinajstić information content (AvgIpc) is 2.77. The lowest BCUT2D eigenvalue weighted by atomic mass is 10.1. The Bertz CT molecular complexity index is 918. The van der Waals surface area contributed by atoms with Gasteiger partial charge in [-0.3, -0.25) is 14.9 Å². The van der Waals surface area contributed by atoms with Gasteiger partial charge in [-0.05, 0) is 32.9 Å². The molecule has 0 saturated carbocycles. The standard InChI is InChI=1S/C22H28N4O5/c1-5-30-18-13-17(25-21(28)15-10-8-7-9-11-15)19(31-6-2)12-16(18)24-14(3)20(27)26-22(29)23-4/h7-14,24H,5-6H2,1-4H3,(H,25,28)(H2,23,26,27,29)/t14-/m0/s1. The fourth-order valence-electron chi connectivity index (χ4n) is 2.69. The Hall–Kier alpha value is -3.75. The summed E-state index contributed by atoms with van der Waals surface area (Å²) in [6.45, 7) is 6.00. The van der Waals surface area contributed by atoms with E-state index in [9.17, 15) is 14.4 Å². The molecule has 2 rings (SSSR count). The number of imide groups is 1. The van der Waals surface area contributed by atoms with Crippen LogP contribution in [0.3, 0.4) is 0 Å². The summed E-state index contributed by atoms with van der Waals surface area (Å²) in [5.41, 5.74) is 1.43. The van der Waals surface area contributed by atoms with Gasteiger partial charge in [0.05, 0.1) is 24.6 Å². The molecule has 2 aromatic rings. The summed E-state index contributed by atoms with van der Waals surface area (Å²) in [5.74, 6) is 0.0369. The summed E-state index contributed by atoms with van der Waals surface area (Å²) < 4.78 is 11.4. The molecule has 0 aromatic heterocycles. The molecule has 31 heavy (non-hydrogen) atoms. The first-order valence-corrected chi connectivity index (χ1v) is 9.98. The molecule has 0 unspecified atom stereocenters. The summed E-state index contributed by atoms with van der Waals surface area (Å²) in [5, 5.41) is 10.4. The van der Waals surface area contributed by atoms with Gasteiger partial charge in [0.25, 0.3) is 5.91 Å². The van der Waals surface area contributed by atoms with E-state index in [1.807, 2.05) is 19.9 Å². The van der Waals surface area contributed by atoms with Gasteiger partial charge >= 0.3 is 6.03 Å². The molecule has 0 bridgehead atoms. The van der Waals surface area contributed by atoms with Gasteiger partial charge in [0.2, 0.25) is 5.91 Å². The van der Waals surface area contributed by atoms with Crippen molar-refractivity contribution >= 4 is 29.2 Å². The van der Waals surface area contributed by atoms with Crippen LogP contribution in [0, 0.1) is 0 Å². The van der Waals surface area contributed by atoms with Crippen molar-refractivity contribution < 1.29 is 23.9 Å². The number of urea groups is 1. The van der Waals surface area contributed by atoms with E-state index >= 15 is 0 Å². The maximum absolute atomic E-state index is 12.6. The molecule has 9 nitrogen and oxygen atoms in total. The monoisotopic (exact) mass is 428 g/mol. The van der Waals surface area contributed by atoms with Crippen LogP contribution in [0.15, 0.2) is 42.5 Å². The number of hydrogen-bond donors (Lipinski definition) is 4. The molecule has 0 aliphatic rings. The SMILES string of the molecule is CCOc1cc(N[C@@H](C)C(=O)NC(=O)NC)c(OCC)cc1NC(=O)c1ccccc1. The van der Waals surface area contributed by atoms with Crippen LogP contribution in [-0.4, -0.2) is 44.1 Å². The second-order valence-corrected chi connectivity index (χ2v) is 6.47. The highest BCUT2D eigenvalue weighted by molar-refractivity contribution is 6.05. The smallest absolute Gasteiger partial charge is 0.321 e. The first-order chi connectivity index (χ1) is 14.9. The lowest BCUT2D eigenvalue weighted by Crippen LogP contribution is -2.44. The highest BCUT2D eigenvalue weighted by atomic mass is 16.5. The second-order valence-electron chi connectivity index (χ2n) is 6.47. The topological polar surface area (TPSA) is 118 Å². The van der Waals surface area contributed by atoms with E-state index in [1.54, 1.807) is 43.3 Å². The molecule has 1 atom stereocenters. The first-order valence-electron chi connectivity index (χ1n) is 9.98. The molecular weight excluding hydrogens is 400 g/mol. The van der Waals surface area contributed by atoms with Gasteiger partial charge in [-0.2, -0.15) is 0 Å². The molecule has 4 amide bonds. The molecular formula is C22H28N4O5. The van der Waals surface area contributed by atoms with Crippen molar-refractivity contribution in [2.75, 3.05) is 30.9 Å². The summed E-state index contributed by atoms with van der Waals surface area (Å²) in [6.07, 6.45) is 0. The fraction of sp³-hybridized carbons (Fsp3) is 0.318. The van der Waals surface area contributed by atoms with Gasteiger partial charge in [0, 0.05) is 24.7 Å². The molecule has 0 radical (unpaired) electrons. The van der Waals surface area contributed by atoms with E-state index in [4.69, 9.17) is 9.47 Å². The van der Waals surface area contributed by atoms with Gasteiger partial charge in [-0.1, -0.05) is 18.2 Å². The minimum absolute atomic E-state index is 0.289. The predicted molar refractivity (Wildman–Crippen MR) is 119 cm³/mol. The summed E-state index contributed by atoms with van der Waals surface area (Å²) in [6, 6.07) is 10.8. The second kappa shape index (κ2) is 11.4. The number of carbonyl (C=O) groups excluding carboxylic acids is 3. The zero-order valence-corrected chi connectivity index (χ0v) is 18.1. The molecule has 0 fully saturated rings. The zero-order valence-electron chi connectivity index (χ0n) is 18.1. The van der Waals surface area contributed by atoms with Gasteiger partial charge in [-0.15, -0.1) is 0 Å². The number of rotatable bonds is 9. The molecule has 2 aromatic carbocycles. The van der Waals surface area contributed by atoms with E-state index in [1.165, 1.54) is 7.05 Å². The van der Waals surface area contributed by atoms with Crippen LogP contribution in [0.4, 0.5) is 16.2 Å². The van der Waals surface area contributed by atoms with Crippen molar-refractivity contribution in [2.45, 2.75) is 26.8 Å². The Balaban J connectivity index is 2.32. The largest absolute Gasteiger partial charge is 0.492 e. The van der Waals surface area contributed by atoms with E-state index < -0.39 is 18.0 Å². The number of ether oxygens (including phenoxy) is 2. The Labute approximate surface area is 181 Å². The number of hydrogen-bond acceptors (Lipinski definition) is 6. The quantitative estimate of drug-likeness (QED) is 0.488. The van der Waals surface area contributed by atoms with Gasteiger partial charge in [0.1, 0.15) is 17.5 Å². The van der Waals surface area contributed by atoms with Gasteiger partial charge in [-0.25, -0.2) is 4.79 Å². The maximum Gasteiger partial charge on any atom is 0.321 e. The molecule has 0 heterocycles. The fourth-order valence-corrected chi connectivity index (χ4v) is 2.69. The van der Waals surface area contributed by atoms with E-state index in [2.05, 4.69) is 21.3 Å². The number of anilines is 2. The minimum atomic E-state index is -0.740. The van der Waals surface area contributed by atoms with Crippen LogP contribution in [-0.2, 0) is 4.79 Å². The molecule has 0 saturated heterocycles. The Morgan fingerprint density at radius 1 is 0.935 bits per heavy atom. The third-order valence-corrected chi connectivity index (χ3v) is 4.19. The molecule has 0 spiro atoms. The highest BCUT2D eigenvalue weighted by Gasteiger charge is 2.20. The van der Waals surface area contributed by atoms with Crippen molar-refractivity contribution in [3.8, 4) is 11.5 Å². The van der Waals surface area contributed by atoms with Crippen LogP contribution >= 0.6 is 0 Å². The molecule has 0 aliphatic carbocycles. The van der Waals surface area contributed by atoms with E-state index in [0.29, 0.717) is 41.7 Å². The summed E-state index contributed by atoms with van der Waals surface area (Å²) in [7, 11) is 1.42. The van der Waals surface area contributed by atoms with Crippen LogP contribution in [0.2, 0.25) is 0 Å². The number of benzene rings is 2. The zero-order chi connectivity index (χ0) is 22.8. The van der Waals surface area contributed by atoms with Crippen molar-refractivity contribution in [2.24, 2.45) is 0 Å². The summed E-state index contributed by atoms with van der Waals surface area (Å²) in [4.78, 5) is 36.2. The molecule has 9 heteroatoms. The van der Waals surface area contributed by atoms with Crippen molar-refractivity contribution in [1.29, 1.82) is 0 Å². The predicted octanol–water partition coefficient (Wildman–Crippen LogP) is 2.99. The van der Waals surface area contributed by atoms with Crippen LogP contribution in [0.25, 0.3) is 0 Å². The molecule has 0 aliphatic heterocycles. The van der Waals surface area contributed by atoms with Crippen molar-refractivity contribution in [3.05, 3.63) is 48.0 Å². The van der Waals surface area contributed by atoms with Crippen LogP contribution in [0.1, 0.15) is 31.1 Å². The minimum Gasteiger partial charge on any atom is -0.492 e. The normalized spacial score (nSPS) is 11.1. The van der Waals surface area contributed by atoms with Crippen molar-refractivity contribution in [1.82, 2.24) is 10.6 Å². The third-order valence-electron chi connectivity index (χ3n) is 4.19. The van der Waals surface area contributed by atoms with Gasteiger partial charge in [0.15, 0.2) is 0 Å². The van der Waals surface area contributed by atoms with Gasteiger partial charge < -0.3 is 25.4 Å². The van der Waals surface area contributed by atoms with E-state index in [0.717, 1.165) is 0 Å². The van der Waals surface area contributed by atoms with Crippen molar-refractivity contribution in [3.63, 3.8) is 0 Å². The van der Waals surface area contributed by atoms with E-state index in [-0.39, 0.29) is 5.91 Å². The lowest BCUT2D eigenvalue weighted by Gasteiger charge is -2.20. The number of carbonyl (C=O) groups is 3. The van der Waals surface area contributed by atoms with Crippen LogP contribution in [0.5, 0.6) is 11.5 Å².